The van der Waals surface area contributed by atoms with E-state index in [0.717, 1.165) is 17.2 Å². The summed E-state index contributed by atoms with van der Waals surface area (Å²) in [6.45, 7) is 2.28. The van der Waals surface area contributed by atoms with Crippen molar-refractivity contribution in [3.05, 3.63) is 42.0 Å². The summed E-state index contributed by atoms with van der Waals surface area (Å²) in [6, 6.07) is 11.7. The molecule has 0 aromatic heterocycles. The maximum atomic E-state index is 11.3. The minimum Gasteiger partial charge on any atom is -0.768 e. The van der Waals surface area contributed by atoms with Crippen LogP contribution in [0.4, 0.5) is 0 Å². The molecule has 0 N–H and O–H groups in total. The first kappa shape index (κ1) is 29.8. The second-order valence-corrected chi connectivity index (χ2v) is 10.0. The average Bonchev–Trinajstić information content (AvgIpc) is 2.78. The molecule has 1 unspecified atom stereocenters. The van der Waals surface area contributed by atoms with Crippen LogP contribution in [0.3, 0.4) is 0 Å². The Kier molecular flexibility index (Phi) is 17.9. The number of hydrogen-bond donors (Lipinski definition) is 0. The summed E-state index contributed by atoms with van der Waals surface area (Å²) in [5, 5.41) is 2.22. The van der Waals surface area contributed by atoms with E-state index in [1.54, 1.807) is 6.07 Å². The van der Waals surface area contributed by atoms with Crippen LogP contribution in [0.5, 0.6) is 0 Å². The van der Waals surface area contributed by atoms with Crippen molar-refractivity contribution in [2.45, 2.75) is 121 Å². The van der Waals surface area contributed by atoms with Gasteiger partial charge in [-0.1, -0.05) is 128 Å². The van der Waals surface area contributed by atoms with Crippen LogP contribution in [0.25, 0.3) is 10.8 Å². The molecule has 0 saturated carbocycles. The van der Waals surface area contributed by atoms with Crippen LogP contribution < -0.4 is 29.6 Å². The van der Waals surface area contributed by atoms with Gasteiger partial charge in [-0.15, -0.1) is 0 Å². The molecule has 0 amide bonds. The molecule has 0 aliphatic carbocycles. The fraction of sp³-hybridized carbons (Fsp3) is 0.643. The van der Waals surface area contributed by atoms with Crippen LogP contribution in [-0.4, -0.2) is 8.76 Å². The fourth-order valence-electron chi connectivity index (χ4n) is 4.50. The molecule has 174 valence electrons. The van der Waals surface area contributed by atoms with Gasteiger partial charge in [0.15, 0.2) is 0 Å². The van der Waals surface area contributed by atoms with Crippen molar-refractivity contribution in [3.8, 4) is 0 Å². The van der Waals surface area contributed by atoms with Crippen LogP contribution in [0.2, 0.25) is 0 Å². The number of rotatable bonds is 18. The molecular formula is C28H43NaO2S. The minimum absolute atomic E-state index is 0. The third kappa shape index (κ3) is 12.3. The van der Waals surface area contributed by atoms with Crippen LogP contribution in [-0.2, 0) is 17.5 Å². The van der Waals surface area contributed by atoms with Gasteiger partial charge in [0.05, 0.1) is 0 Å². The Morgan fingerprint density at radius 1 is 0.688 bits per heavy atom. The summed E-state index contributed by atoms with van der Waals surface area (Å²) in [5.41, 5.74) is 1.27. The Balaban J connectivity index is 0.00000512. The second-order valence-electron chi connectivity index (χ2n) is 9.09. The van der Waals surface area contributed by atoms with Crippen molar-refractivity contribution in [2.75, 3.05) is 0 Å². The minimum atomic E-state index is -2.16. The van der Waals surface area contributed by atoms with Gasteiger partial charge in [0.1, 0.15) is 0 Å². The molecule has 2 aromatic carbocycles. The molecule has 0 spiro atoms. The summed E-state index contributed by atoms with van der Waals surface area (Å²) < 4.78 is 22.5. The van der Waals surface area contributed by atoms with Crippen molar-refractivity contribution in [2.24, 2.45) is 0 Å². The maximum absolute atomic E-state index is 11.3. The van der Waals surface area contributed by atoms with Gasteiger partial charge in [-0.3, -0.25) is 4.21 Å². The standard InChI is InChI=1S/C28H44O2S.Na/c1-2-3-4-5-6-7-8-9-10-11-12-13-14-15-16-17-19-25-20-18-21-26-22-23-27(31(29)30)24-28(25)26;/h18,20-24H,2-17,19H2,1H3,(H,29,30);/q;+1/p-1. The zero-order valence-electron chi connectivity index (χ0n) is 20.7. The van der Waals surface area contributed by atoms with Crippen LogP contribution >= 0.6 is 0 Å². The van der Waals surface area contributed by atoms with Gasteiger partial charge in [-0.05, 0) is 52.4 Å². The van der Waals surface area contributed by atoms with Crippen LogP contribution in [0.1, 0.15) is 115 Å². The van der Waals surface area contributed by atoms with E-state index in [1.807, 2.05) is 12.1 Å². The van der Waals surface area contributed by atoms with E-state index in [0.29, 0.717) is 4.90 Å². The topological polar surface area (TPSA) is 40.1 Å². The Morgan fingerprint density at radius 3 is 1.69 bits per heavy atom. The Labute approximate surface area is 221 Å². The van der Waals surface area contributed by atoms with E-state index in [-0.39, 0.29) is 29.6 Å². The molecule has 2 rings (SSSR count). The Bertz CT molecular complexity index is 762. The van der Waals surface area contributed by atoms with Gasteiger partial charge in [-0.25, -0.2) is 0 Å². The average molecular weight is 467 g/mol. The van der Waals surface area contributed by atoms with E-state index in [1.165, 1.54) is 108 Å². The molecular weight excluding hydrogens is 423 g/mol. The van der Waals surface area contributed by atoms with Gasteiger partial charge in [0, 0.05) is 4.90 Å². The molecule has 0 aliphatic rings. The Hall–Kier alpha value is -0.190. The van der Waals surface area contributed by atoms with E-state index in [4.69, 9.17) is 0 Å². The molecule has 32 heavy (non-hydrogen) atoms. The number of aryl methyl sites for hydroxylation is 1. The summed E-state index contributed by atoms with van der Waals surface area (Å²) in [4.78, 5) is 0.381. The molecule has 4 heteroatoms. The predicted molar refractivity (Wildman–Crippen MR) is 134 cm³/mol. The van der Waals surface area contributed by atoms with Crippen LogP contribution in [0, 0.1) is 0 Å². The summed E-state index contributed by atoms with van der Waals surface area (Å²) in [5.74, 6) is 0. The SMILES string of the molecule is CCCCCCCCCCCCCCCCCCc1cccc2ccc(S(=O)[O-])cc12.[Na+]. The third-order valence-corrected chi connectivity index (χ3v) is 7.07. The summed E-state index contributed by atoms with van der Waals surface area (Å²) >= 11 is -2.16. The molecule has 2 nitrogen and oxygen atoms in total. The van der Waals surface area contributed by atoms with Gasteiger partial charge < -0.3 is 4.55 Å². The summed E-state index contributed by atoms with van der Waals surface area (Å²) in [6.07, 6.45) is 23.1. The molecule has 0 aliphatic heterocycles. The largest absolute Gasteiger partial charge is 1.00 e. The van der Waals surface area contributed by atoms with E-state index in [2.05, 4.69) is 25.1 Å². The Morgan fingerprint density at radius 2 is 1.19 bits per heavy atom. The van der Waals surface area contributed by atoms with Gasteiger partial charge >= 0.3 is 29.6 Å². The summed E-state index contributed by atoms with van der Waals surface area (Å²) in [7, 11) is 0. The number of unbranched alkanes of at least 4 members (excludes halogenated alkanes) is 15. The van der Waals surface area contributed by atoms with E-state index in [9.17, 15) is 8.76 Å². The molecule has 0 heterocycles. The van der Waals surface area contributed by atoms with Crippen molar-refractivity contribution >= 4 is 21.9 Å². The van der Waals surface area contributed by atoms with Gasteiger partial charge in [0.25, 0.3) is 0 Å². The van der Waals surface area contributed by atoms with Crippen LogP contribution in [0.15, 0.2) is 41.3 Å². The molecule has 2 aromatic rings. The zero-order chi connectivity index (χ0) is 22.2. The smallest absolute Gasteiger partial charge is 0.768 e. The van der Waals surface area contributed by atoms with Gasteiger partial charge in [-0.2, -0.15) is 0 Å². The van der Waals surface area contributed by atoms with E-state index >= 15 is 0 Å². The van der Waals surface area contributed by atoms with Gasteiger partial charge in [0.2, 0.25) is 0 Å². The number of hydrogen-bond acceptors (Lipinski definition) is 2. The first-order chi connectivity index (χ1) is 15.2. The third-order valence-electron chi connectivity index (χ3n) is 6.44. The monoisotopic (exact) mass is 466 g/mol. The maximum Gasteiger partial charge on any atom is 1.00 e. The molecule has 0 bridgehead atoms. The second kappa shape index (κ2) is 19.2. The number of benzene rings is 2. The molecule has 1 atom stereocenters. The quantitative estimate of drug-likeness (QED) is 0.156. The van der Waals surface area contributed by atoms with E-state index < -0.39 is 11.1 Å². The first-order valence-electron chi connectivity index (χ1n) is 12.8. The zero-order valence-corrected chi connectivity index (χ0v) is 23.5. The molecule has 0 saturated heterocycles. The normalized spacial score (nSPS) is 12.1. The van der Waals surface area contributed by atoms with Crippen molar-refractivity contribution in [1.29, 1.82) is 0 Å². The first-order valence-corrected chi connectivity index (χ1v) is 13.9. The van der Waals surface area contributed by atoms with Crippen molar-refractivity contribution < 1.29 is 38.3 Å². The predicted octanol–water partition coefficient (Wildman–Crippen LogP) is 5.89. The molecule has 0 fully saturated rings. The molecule has 0 radical (unpaired) electrons. The van der Waals surface area contributed by atoms with Crippen molar-refractivity contribution in [1.82, 2.24) is 0 Å². The fourth-order valence-corrected chi connectivity index (χ4v) is 4.89. The number of fused-ring (bicyclic) bond motifs is 1. The van der Waals surface area contributed by atoms with Crippen molar-refractivity contribution in [3.63, 3.8) is 0 Å².